The van der Waals surface area contributed by atoms with Crippen LogP contribution < -0.4 is 5.32 Å². The van der Waals surface area contributed by atoms with Gasteiger partial charge >= 0.3 is 0 Å². The third kappa shape index (κ3) is 3.35. The number of nitrogens with one attached hydrogen (secondary N) is 1. The van der Waals surface area contributed by atoms with Crippen LogP contribution >= 0.6 is 27.5 Å². The summed E-state index contributed by atoms with van der Waals surface area (Å²) in [5, 5.41) is 3.96. The molecule has 0 saturated heterocycles. The van der Waals surface area contributed by atoms with Crippen LogP contribution in [-0.4, -0.2) is 6.54 Å². The Labute approximate surface area is 125 Å². The van der Waals surface area contributed by atoms with Gasteiger partial charge in [0.25, 0.3) is 0 Å². The summed E-state index contributed by atoms with van der Waals surface area (Å²) in [6.45, 7) is 2.74. The average molecular weight is 343 g/mol. The standard InChI is InChI=1S/C15H14BrClFN/c1-2-19-15(12-5-3-4-6-14(12)18)11-8-7-10(17)9-13(11)16/h3-9,15,19H,2H2,1H3. The van der Waals surface area contributed by atoms with E-state index < -0.39 is 0 Å². The molecule has 0 amide bonds. The quantitative estimate of drug-likeness (QED) is 0.830. The Morgan fingerprint density at radius 3 is 2.58 bits per heavy atom. The molecule has 0 aliphatic heterocycles. The van der Waals surface area contributed by atoms with Gasteiger partial charge in [-0.05, 0) is 30.3 Å². The molecule has 1 nitrogen and oxygen atoms in total. The van der Waals surface area contributed by atoms with Crippen molar-refractivity contribution in [3.05, 3.63) is 68.9 Å². The van der Waals surface area contributed by atoms with Gasteiger partial charge in [0, 0.05) is 15.1 Å². The van der Waals surface area contributed by atoms with E-state index >= 15 is 0 Å². The van der Waals surface area contributed by atoms with E-state index in [1.165, 1.54) is 6.07 Å². The van der Waals surface area contributed by atoms with Gasteiger partial charge in [0.05, 0.1) is 6.04 Å². The number of rotatable bonds is 4. The topological polar surface area (TPSA) is 12.0 Å². The maximum Gasteiger partial charge on any atom is 0.128 e. The number of hydrogen-bond donors (Lipinski definition) is 1. The second-order valence-electron chi connectivity index (χ2n) is 4.18. The lowest BCUT2D eigenvalue weighted by Gasteiger charge is -2.21. The summed E-state index contributed by atoms with van der Waals surface area (Å²) < 4.78 is 14.8. The maximum absolute atomic E-state index is 14.0. The van der Waals surface area contributed by atoms with E-state index in [4.69, 9.17) is 11.6 Å². The molecule has 0 fully saturated rings. The van der Waals surface area contributed by atoms with E-state index in [0.29, 0.717) is 10.6 Å². The van der Waals surface area contributed by atoms with E-state index in [0.717, 1.165) is 16.6 Å². The zero-order valence-electron chi connectivity index (χ0n) is 10.5. The fourth-order valence-corrected chi connectivity index (χ4v) is 2.95. The van der Waals surface area contributed by atoms with Gasteiger partial charge in [-0.3, -0.25) is 0 Å². The predicted octanol–water partition coefficient (Wildman–Crippen LogP) is 4.94. The lowest BCUT2D eigenvalue weighted by molar-refractivity contribution is 0.558. The van der Waals surface area contributed by atoms with E-state index in [2.05, 4.69) is 21.2 Å². The Kier molecular flexibility index (Phi) is 4.97. The summed E-state index contributed by atoms with van der Waals surface area (Å²) in [4.78, 5) is 0. The van der Waals surface area contributed by atoms with Crippen LogP contribution in [0.3, 0.4) is 0 Å². The first-order chi connectivity index (χ1) is 9.13. The zero-order valence-corrected chi connectivity index (χ0v) is 12.8. The molecule has 2 aromatic rings. The van der Waals surface area contributed by atoms with E-state index in [1.54, 1.807) is 12.1 Å². The molecular formula is C15H14BrClFN. The molecule has 2 rings (SSSR count). The van der Waals surface area contributed by atoms with Crippen molar-refractivity contribution >= 4 is 27.5 Å². The second kappa shape index (κ2) is 6.51. The van der Waals surface area contributed by atoms with Crippen LogP contribution in [0.1, 0.15) is 24.1 Å². The van der Waals surface area contributed by atoms with Crippen molar-refractivity contribution in [1.82, 2.24) is 5.32 Å². The maximum atomic E-state index is 14.0. The largest absolute Gasteiger partial charge is 0.306 e. The molecule has 1 unspecified atom stereocenters. The summed E-state index contributed by atoms with van der Waals surface area (Å²) in [7, 11) is 0. The monoisotopic (exact) mass is 341 g/mol. The minimum absolute atomic E-state index is 0.196. The first kappa shape index (κ1) is 14.5. The van der Waals surface area contributed by atoms with Gasteiger partial charge in [0.2, 0.25) is 0 Å². The number of hydrogen-bond acceptors (Lipinski definition) is 1. The molecule has 4 heteroatoms. The lowest BCUT2D eigenvalue weighted by atomic mass is 9.98. The van der Waals surface area contributed by atoms with Crippen LogP contribution in [0.5, 0.6) is 0 Å². The molecule has 1 N–H and O–H groups in total. The molecule has 0 aliphatic carbocycles. The van der Waals surface area contributed by atoms with Crippen LogP contribution in [0.15, 0.2) is 46.9 Å². The van der Waals surface area contributed by atoms with Crippen LogP contribution in [-0.2, 0) is 0 Å². The van der Waals surface area contributed by atoms with Crippen LogP contribution in [0, 0.1) is 5.82 Å². The third-order valence-electron chi connectivity index (χ3n) is 2.90. The smallest absolute Gasteiger partial charge is 0.128 e. The predicted molar refractivity (Wildman–Crippen MR) is 81.1 cm³/mol. The second-order valence-corrected chi connectivity index (χ2v) is 5.47. The van der Waals surface area contributed by atoms with Gasteiger partial charge in [0.15, 0.2) is 0 Å². The van der Waals surface area contributed by atoms with Gasteiger partial charge in [-0.15, -0.1) is 0 Å². The fourth-order valence-electron chi connectivity index (χ4n) is 2.04. The summed E-state index contributed by atoms with van der Waals surface area (Å²) in [5.74, 6) is -0.213. The van der Waals surface area contributed by atoms with Crippen molar-refractivity contribution in [2.75, 3.05) is 6.54 Å². The molecule has 0 aliphatic rings. The molecule has 0 saturated carbocycles. The Balaban J connectivity index is 2.48. The molecule has 2 aromatic carbocycles. The van der Waals surface area contributed by atoms with Crippen molar-refractivity contribution in [2.24, 2.45) is 0 Å². The lowest BCUT2D eigenvalue weighted by Crippen LogP contribution is -2.23. The van der Waals surface area contributed by atoms with Gasteiger partial charge < -0.3 is 5.32 Å². The van der Waals surface area contributed by atoms with Crippen molar-refractivity contribution in [1.29, 1.82) is 0 Å². The van der Waals surface area contributed by atoms with Crippen LogP contribution in [0.4, 0.5) is 4.39 Å². The Morgan fingerprint density at radius 1 is 1.21 bits per heavy atom. The van der Waals surface area contributed by atoms with Gasteiger partial charge in [0.1, 0.15) is 5.82 Å². The van der Waals surface area contributed by atoms with Crippen molar-refractivity contribution in [3.8, 4) is 0 Å². The first-order valence-corrected chi connectivity index (χ1v) is 7.23. The highest BCUT2D eigenvalue weighted by Crippen LogP contribution is 2.31. The summed E-state index contributed by atoms with van der Waals surface area (Å²) in [6.07, 6.45) is 0. The fraction of sp³-hybridized carbons (Fsp3) is 0.200. The molecule has 19 heavy (non-hydrogen) atoms. The highest BCUT2D eigenvalue weighted by Gasteiger charge is 2.18. The molecule has 100 valence electrons. The van der Waals surface area contributed by atoms with E-state index in [9.17, 15) is 4.39 Å². The summed E-state index contributed by atoms with van der Waals surface area (Å²) in [5.41, 5.74) is 1.60. The molecule has 0 bridgehead atoms. The Bertz CT molecular complexity index is 574. The highest BCUT2D eigenvalue weighted by atomic mass is 79.9. The molecule has 0 aromatic heterocycles. The van der Waals surface area contributed by atoms with Crippen molar-refractivity contribution in [2.45, 2.75) is 13.0 Å². The normalized spacial score (nSPS) is 12.4. The molecule has 0 heterocycles. The number of halogens is 3. The Morgan fingerprint density at radius 2 is 1.95 bits per heavy atom. The minimum Gasteiger partial charge on any atom is -0.306 e. The van der Waals surface area contributed by atoms with Gasteiger partial charge in [-0.1, -0.05) is 58.7 Å². The van der Waals surface area contributed by atoms with E-state index in [-0.39, 0.29) is 11.9 Å². The average Bonchev–Trinajstić information content (AvgIpc) is 2.38. The van der Waals surface area contributed by atoms with Crippen LogP contribution in [0.25, 0.3) is 0 Å². The zero-order chi connectivity index (χ0) is 13.8. The number of benzene rings is 2. The molecule has 0 spiro atoms. The summed E-state index contributed by atoms with van der Waals surface area (Å²) >= 11 is 9.44. The summed E-state index contributed by atoms with van der Waals surface area (Å²) in [6, 6.07) is 12.2. The third-order valence-corrected chi connectivity index (χ3v) is 3.82. The first-order valence-electron chi connectivity index (χ1n) is 6.06. The van der Waals surface area contributed by atoms with E-state index in [1.807, 2.05) is 31.2 Å². The van der Waals surface area contributed by atoms with Gasteiger partial charge in [-0.2, -0.15) is 0 Å². The van der Waals surface area contributed by atoms with Crippen molar-refractivity contribution in [3.63, 3.8) is 0 Å². The van der Waals surface area contributed by atoms with Gasteiger partial charge in [-0.25, -0.2) is 4.39 Å². The minimum atomic E-state index is -0.213. The Hall–Kier alpha value is -0.900. The molecular weight excluding hydrogens is 329 g/mol. The SMILES string of the molecule is CCNC(c1ccccc1F)c1ccc(Cl)cc1Br. The molecule has 0 radical (unpaired) electrons. The highest BCUT2D eigenvalue weighted by molar-refractivity contribution is 9.10. The van der Waals surface area contributed by atoms with Crippen molar-refractivity contribution < 1.29 is 4.39 Å². The molecule has 1 atom stereocenters. The van der Waals surface area contributed by atoms with Crippen LogP contribution in [0.2, 0.25) is 5.02 Å².